The molecule has 0 aliphatic carbocycles. The second-order valence-corrected chi connectivity index (χ2v) is 4.50. The van der Waals surface area contributed by atoms with Gasteiger partial charge in [0.05, 0.1) is 0 Å². The number of nitrogens with zero attached hydrogens (tertiary/aromatic N) is 1. The fourth-order valence-electron chi connectivity index (χ4n) is 1.43. The largest absolute Gasteiger partial charge is 0.396 e. The van der Waals surface area contributed by atoms with Gasteiger partial charge in [0.2, 0.25) is 5.91 Å². The van der Waals surface area contributed by atoms with Gasteiger partial charge in [0, 0.05) is 31.0 Å². The predicted molar refractivity (Wildman–Crippen MR) is 51.2 cm³/mol. The number of aliphatic hydroxyl groups is 1. The Kier molecular flexibility index (Phi) is 2.96. The van der Waals surface area contributed by atoms with Crippen LogP contribution in [0.5, 0.6) is 0 Å². The minimum atomic E-state index is -0.236. The Balaban J connectivity index is 2.43. The summed E-state index contributed by atoms with van der Waals surface area (Å²) in [5.41, 5.74) is -0.236. The Morgan fingerprint density at radius 2 is 2.08 bits per heavy atom. The van der Waals surface area contributed by atoms with Crippen molar-refractivity contribution >= 4 is 5.91 Å². The van der Waals surface area contributed by atoms with Gasteiger partial charge in [-0.25, -0.2) is 0 Å². The first-order valence-corrected chi connectivity index (χ1v) is 4.91. The van der Waals surface area contributed by atoms with Crippen LogP contribution in [0.2, 0.25) is 0 Å². The summed E-state index contributed by atoms with van der Waals surface area (Å²) in [6, 6.07) is 0. The lowest BCUT2D eigenvalue weighted by Gasteiger charge is -2.42. The molecule has 0 spiro atoms. The molecule has 3 heteroatoms. The fraction of sp³-hybridized carbons (Fsp3) is 0.900. The van der Waals surface area contributed by atoms with Gasteiger partial charge in [0.25, 0.3) is 0 Å². The molecule has 0 aromatic heterocycles. The van der Waals surface area contributed by atoms with Crippen molar-refractivity contribution in [3.63, 3.8) is 0 Å². The van der Waals surface area contributed by atoms with Gasteiger partial charge in [0.1, 0.15) is 0 Å². The van der Waals surface area contributed by atoms with Gasteiger partial charge in [-0.05, 0) is 6.42 Å². The SMILES string of the molecule is CCC(C)(C)C(=O)N1CC(CO)C1. The van der Waals surface area contributed by atoms with Crippen LogP contribution in [0.25, 0.3) is 0 Å². The Bertz CT molecular complexity index is 195. The van der Waals surface area contributed by atoms with Gasteiger partial charge in [-0.15, -0.1) is 0 Å². The Morgan fingerprint density at radius 3 is 2.46 bits per heavy atom. The summed E-state index contributed by atoms with van der Waals surface area (Å²) < 4.78 is 0. The molecule has 76 valence electrons. The highest BCUT2D eigenvalue weighted by Crippen LogP contribution is 2.27. The molecule has 0 bridgehead atoms. The van der Waals surface area contributed by atoms with Crippen LogP contribution in [0.1, 0.15) is 27.2 Å². The molecule has 1 heterocycles. The quantitative estimate of drug-likeness (QED) is 0.709. The van der Waals surface area contributed by atoms with Crippen molar-refractivity contribution < 1.29 is 9.90 Å². The van der Waals surface area contributed by atoms with Crippen LogP contribution in [-0.4, -0.2) is 35.6 Å². The first-order chi connectivity index (χ1) is 6.01. The molecule has 0 saturated carbocycles. The van der Waals surface area contributed by atoms with E-state index in [0.717, 1.165) is 19.5 Å². The zero-order valence-electron chi connectivity index (χ0n) is 8.71. The number of carbonyl (C=O) groups excluding carboxylic acids is 1. The van der Waals surface area contributed by atoms with Crippen molar-refractivity contribution in [3.05, 3.63) is 0 Å². The molecule has 1 saturated heterocycles. The Labute approximate surface area is 79.7 Å². The van der Waals surface area contributed by atoms with Gasteiger partial charge in [0.15, 0.2) is 0 Å². The predicted octanol–water partition coefficient (Wildman–Crippen LogP) is 0.873. The molecule has 0 aromatic rings. The topological polar surface area (TPSA) is 40.5 Å². The molecule has 0 aromatic carbocycles. The van der Waals surface area contributed by atoms with Crippen LogP contribution < -0.4 is 0 Å². The maximum Gasteiger partial charge on any atom is 0.228 e. The molecular formula is C10H19NO2. The highest BCUT2D eigenvalue weighted by Gasteiger charge is 2.37. The van der Waals surface area contributed by atoms with Crippen molar-refractivity contribution in [3.8, 4) is 0 Å². The zero-order valence-corrected chi connectivity index (χ0v) is 8.71. The van der Waals surface area contributed by atoms with Gasteiger partial charge < -0.3 is 10.0 Å². The molecule has 1 amide bonds. The van der Waals surface area contributed by atoms with Crippen LogP contribution >= 0.6 is 0 Å². The van der Waals surface area contributed by atoms with E-state index in [1.165, 1.54) is 0 Å². The van der Waals surface area contributed by atoms with E-state index in [9.17, 15) is 4.79 Å². The summed E-state index contributed by atoms with van der Waals surface area (Å²) >= 11 is 0. The molecule has 0 unspecified atom stereocenters. The lowest BCUT2D eigenvalue weighted by atomic mass is 9.86. The number of rotatable bonds is 3. The molecule has 0 radical (unpaired) electrons. The van der Waals surface area contributed by atoms with Crippen LogP contribution in [-0.2, 0) is 4.79 Å². The summed E-state index contributed by atoms with van der Waals surface area (Å²) in [5, 5.41) is 8.81. The molecule has 1 aliphatic rings. The lowest BCUT2D eigenvalue weighted by molar-refractivity contribution is -0.148. The second-order valence-electron chi connectivity index (χ2n) is 4.50. The molecule has 1 aliphatic heterocycles. The average molecular weight is 185 g/mol. The van der Waals surface area contributed by atoms with Crippen molar-refractivity contribution in [2.45, 2.75) is 27.2 Å². The van der Waals surface area contributed by atoms with Gasteiger partial charge in [-0.1, -0.05) is 20.8 Å². The fourth-order valence-corrected chi connectivity index (χ4v) is 1.43. The van der Waals surface area contributed by atoms with Crippen molar-refractivity contribution in [2.75, 3.05) is 19.7 Å². The van der Waals surface area contributed by atoms with Crippen LogP contribution in [0.15, 0.2) is 0 Å². The smallest absolute Gasteiger partial charge is 0.228 e. The third kappa shape index (κ3) is 2.02. The van der Waals surface area contributed by atoms with Crippen molar-refractivity contribution in [2.24, 2.45) is 11.3 Å². The summed E-state index contributed by atoms with van der Waals surface area (Å²) in [5.74, 6) is 0.538. The summed E-state index contributed by atoms with van der Waals surface area (Å²) in [4.78, 5) is 13.6. The Hall–Kier alpha value is -0.570. The number of amides is 1. The minimum absolute atomic E-state index is 0.205. The Morgan fingerprint density at radius 1 is 1.54 bits per heavy atom. The maximum atomic E-state index is 11.8. The molecule has 0 atom stereocenters. The van der Waals surface area contributed by atoms with Crippen LogP contribution in [0, 0.1) is 11.3 Å². The van der Waals surface area contributed by atoms with Crippen molar-refractivity contribution in [1.82, 2.24) is 4.90 Å². The number of likely N-dealkylation sites (tertiary alicyclic amines) is 1. The van der Waals surface area contributed by atoms with E-state index in [1.54, 1.807) is 0 Å². The summed E-state index contributed by atoms with van der Waals surface area (Å²) in [6.45, 7) is 7.65. The highest BCUT2D eigenvalue weighted by atomic mass is 16.3. The van der Waals surface area contributed by atoms with E-state index in [2.05, 4.69) is 0 Å². The second kappa shape index (κ2) is 3.66. The number of carbonyl (C=O) groups is 1. The highest BCUT2D eigenvalue weighted by molar-refractivity contribution is 5.82. The first kappa shape index (κ1) is 10.5. The standard InChI is InChI=1S/C10H19NO2/c1-4-10(2,3)9(13)11-5-8(6-11)7-12/h8,12H,4-7H2,1-3H3. The van der Waals surface area contributed by atoms with E-state index in [1.807, 2.05) is 25.7 Å². The van der Waals surface area contributed by atoms with Crippen molar-refractivity contribution in [1.29, 1.82) is 0 Å². The van der Waals surface area contributed by atoms with Gasteiger partial charge in [-0.2, -0.15) is 0 Å². The third-order valence-corrected chi connectivity index (χ3v) is 2.97. The van der Waals surface area contributed by atoms with E-state index >= 15 is 0 Å². The number of hydrogen-bond donors (Lipinski definition) is 1. The summed E-state index contributed by atoms with van der Waals surface area (Å²) in [6.07, 6.45) is 0.867. The lowest BCUT2D eigenvalue weighted by Crippen LogP contribution is -2.55. The number of hydrogen-bond acceptors (Lipinski definition) is 2. The van der Waals surface area contributed by atoms with E-state index in [-0.39, 0.29) is 17.9 Å². The van der Waals surface area contributed by atoms with Gasteiger partial charge >= 0.3 is 0 Å². The molecule has 3 nitrogen and oxygen atoms in total. The summed E-state index contributed by atoms with van der Waals surface area (Å²) in [7, 11) is 0. The maximum absolute atomic E-state index is 11.8. The van der Waals surface area contributed by atoms with E-state index < -0.39 is 0 Å². The first-order valence-electron chi connectivity index (χ1n) is 4.91. The zero-order chi connectivity index (χ0) is 10.1. The molecular weight excluding hydrogens is 166 g/mol. The van der Waals surface area contributed by atoms with Crippen LogP contribution in [0.4, 0.5) is 0 Å². The molecule has 13 heavy (non-hydrogen) atoms. The minimum Gasteiger partial charge on any atom is -0.396 e. The van der Waals surface area contributed by atoms with Gasteiger partial charge in [-0.3, -0.25) is 4.79 Å². The normalized spacial score (nSPS) is 18.6. The molecule has 1 fully saturated rings. The van der Waals surface area contributed by atoms with E-state index in [4.69, 9.17) is 5.11 Å². The average Bonchev–Trinajstić information content (AvgIpc) is 2.02. The molecule has 1 N–H and O–H groups in total. The number of aliphatic hydroxyl groups excluding tert-OH is 1. The molecule has 1 rings (SSSR count). The third-order valence-electron chi connectivity index (χ3n) is 2.97. The van der Waals surface area contributed by atoms with Crippen LogP contribution in [0.3, 0.4) is 0 Å². The van der Waals surface area contributed by atoms with E-state index in [0.29, 0.717) is 5.92 Å². The monoisotopic (exact) mass is 185 g/mol.